The first-order valence-corrected chi connectivity index (χ1v) is 7.70. The summed E-state index contributed by atoms with van der Waals surface area (Å²) in [6, 6.07) is 6.67. The van der Waals surface area contributed by atoms with Gasteiger partial charge in [0.2, 0.25) is 0 Å². The van der Waals surface area contributed by atoms with E-state index in [4.69, 9.17) is 10.5 Å². The van der Waals surface area contributed by atoms with Crippen LogP contribution in [0.4, 0.5) is 0 Å². The highest BCUT2D eigenvalue weighted by atomic mass is 16.5. The lowest BCUT2D eigenvalue weighted by molar-refractivity contribution is 0.254. The van der Waals surface area contributed by atoms with Crippen molar-refractivity contribution in [3.8, 4) is 5.75 Å². The molecule has 1 aliphatic rings. The molecule has 0 amide bonds. The topological polar surface area (TPSA) is 35.2 Å². The van der Waals surface area contributed by atoms with Crippen molar-refractivity contribution in [2.24, 2.45) is 11.7 Å². The first-order chi connectivity index (χ1) is 9.15. The van der Waals surface area contributed by atoms with Crippen molar-refractivity contribution in [3.05, 3.63) is 29.3 Å². The van der Waals surface area contributed by atoms with Gasteiger partial charge >= 0.3 is 0 Å². The number of ether oxygens (including phenoxy) is 1. The minimum Gasteiger partial charge on any atom is -0.490 e. The van der Waals surface area contributed by atoms with E-state index >= 15 is 0 Å². The van der Waals surface area contributed by atoms with Crippen LogP contribution >= 0.6 is 0 Å². The average molecular weight is 261 g/mol. The van der Waals surface area contributed by atoms with Gasteiger partial charge in [-0.3, -0.25) is 0 Å². The predicted molar refractivity (Wildman–Crippen MR) is 80.5 cm³/mol. The van der Waals surface area contributed by atoms with Crippen molar-refractivity contribution >= 4 is 0 Å². The summed E-state index contributed by atoms with van der Waals surface area (Å²) < 4.78 is 5.75. The average Bonchev–Trinajstić information content (AvgIpc) is 2.78. The Bertz CT molecular complexity index is 416. The molecule has 0 saturated carbocycles. The maximum absolute atomic E-state index is 6.48. The number of unbranched alkanes of at least 4 members (excludes halogenated alkanes) is 1. The molecular formula is C17H27NO. The molecule has 0 spiro atoms. The van der Waals surface area contributed by atoms with E-state index in [-0.39, 0.29) is 6.04 Å². The lowest BCUT2D eigenvalue weighted by Gasteiger charge is -2.23. The van der Waals surface area contributed by atoms with Gasteiger partial charge in [0, 0.05) is 12.5 Å². The van der Waals surface area contributed by atoms with Crippen LogP contribution in [0.25, 0.3) is 0 Å². The summed E-state index contributed by atoms with van der Waals surface area (Å²) in [6.45, 7) is 6.61. The molecule has 2 N–H and O–H groups in total. The monoisotopic (exact) mass is 261 g/mol. The second-order valence-corrected chi connectivity index (χ2v) is 5.84. The first kappa shape index (κ1) is 14.4. The van der Waals surface area contributed by atoms with Crippen LogP contribution < -0.4 is 10.5 Å². The van der Waals surface area contributed by atoms with E-state index < -0.39 is 0 Å². The fourth-order valence-corrected chi connectivity index (χ4v) is 3.03. The SMILES string of the molecule is CCCCC(CC)C(N)c1ccc2c(c1)CC(C)O2. The van der Waals surface area contributed by atoms with Crippen LogP contribution in [-0.4, -0.2) is 6.10 Å². The normalized spacial score (nSPS) is 20.7. The Kier molecular flexibility index (Phi) is 4.87. The van der Waals surface area contributed by atoms with Crippen molar-refractivity contribution in [3.63, 3.8) is 0 Å². The van der Waals surface area contributed by atoms with E-state index in [0.717, 1.165) is 18.6 Å². The summed E-state index contributed by atoms with van der Waals surface area (Å²) in [5.74, 6) is 1.64. The fraction of sp³-hybridized carbons (Fsp3) is 0.647. The molecule has 19 heavy (non-hydrogen) atoms. The maximum atomic E-state index is 6.48. The molecule has 0 fully saturated rings. The minimum atomic E-state index is 0.165. The van der Waals surface area contributed by atoms with Crippen LogP contribution in [-0.2, 0) is 6.42 Å². The molecule has 1 aliphatic heterocycles. The molecule has 1 heterocycles. The van der Waals surface area contributed by atoms with E-state index in [1.807, 2.05) is 0 Å². The molecule has 3 atom stereocenters. The van der Waals surface area contributed by atoms with Gasteiger partial charge in [-0.1, -0.05) is 45.2 Å². The van der Waals surface area contributed by atoms with Crippen molar-refractivity contribution < 1.29 is 4.74 Å². The van der Waals surface area contributed by atoms with Gasteiger partial charge in [0.15, 0.2) is 0 Å². The summed E-state index contributed by atoms with van der Waals surface area (Å²) in [7, 11) is 0. The largest absolute Gasteiger partial charge is 0.490 e. The van der Waals surface area contributed by atoms with E-state index in [1.54, 1.807) is 0 Å². The van der Waals surface area contributed by atoms with Crippen LogP contribution in [0.3, 0.4) is 0 Å². The summed E-state index contributed by atoms with van der Waals surface area (Å²) in [5.41, 5.74) is 9.08. The van der Waals surface area contributed by atoms with Gasteiger partial charge < -0.3 is 10.5 Å². The van der Waals surface area contributed by atoms with Gasteiger partial charge in [0.25, 0.3) is 0 Å². The second kappa shape index (κ2) is 6.42. The van der Waals surface area contributed by atoms with Crippen molar-refractivity contribution in [1.29, 1.82) is 0 Å². The lowest BCUT2D eigenvalue weighted by Crippen LogP contribution is -2.21. The molecule has 0 bridgehead atoms. The molecule has 0 radical (unpaired) electrons. The third-order valence-electron chi connectivity index (χ3n) is 4.27. The fourth-order valence-electron chi connectivity index (χ4n) is 3.03. The van der Waals surface area contributed by atoms with E-state index in [9.17, 15) is 0 Å². The predicted octanol–water partition coefficient (Wildman–Crippen LogP) is 4.23. The highest BCUT2D eigenvalue weighted by Gasteiger charge is 2.22. The zero-order chi connectivity index (χ0) is 13.8. The highest BCUT2D eigenvalue weighted by molar-refractivity contribution is 5.41. The zero-order valence-electron chi connectivity index (χ0n) is 12.5. The van der Waals surface area contributed by atoms with Crippen LogP contribution in [0.2, 0.25) is 0 Å². The number of fused-ring (bicyclic) bond motifs is 1. The van der Waals surface area contributed by atoms with Crippen LogP contribution in [0, 0.1) is 5.92 Å². The molecule has 0 aliphatic carbocycles. The van der Waals surface area contributed by atoms with Crippen molar-refractivity contribution in [2.45, 2.75) is 65.0 Å². The number of hydrogen-bond acceptors (Lipinski definition) is 2. The summed E-state index contributed by atoms with van der Waals surface area (Å²) >= 11 is 0. The Balaban J connectivity index is 2.10. The highest BCUT2D eigenvalue weighted by Crippen LogP contribution is 2.33. The zero-order valence-corrected chi connectivity index (χ0v) is 12.5. The van der Waals surface area contributed by atoms with Crippen LogP contribution in [0.1, 0.15) is 63.6 Å². The molecule has 2 rings (SSSR count). The third kappa shape index (κ3) is 3.30. The number of rotatable bonds is 6. The smallest absolute Gasteiger partial charge is 0.123 e. The lowest BCUT2D eigenvalue weighted by atomic mass is 9.87. The van der Waals surface area contributed by atoms with E-state index in [2.05, 4.69) is 39.0 Å². The Morgan fingerprint density at radius 1 is 1.37 bits per heavy atom. The van der Waals surface area contributed by atoms with Gasteiger partial charge in [-0.2, -0.15) is 0 Å². The number of hydrogen-bond donors (Lipinski definition) is 1. The van der Waals surface area contributed by atoms with Gasteiger partial charge in [0.1, 0.15) is 11.9 Å². The van der Waals surface area contributed by atoms with Crippen LogP contribution in [0.15, 0.2) is 18.2 Å². The quantitative estimate of drug-likeness (QED) is 0.832. The molecule has 0 saturated heterocycles. The molecule has 1 aromatic carbocycles. The van der Waals surface area contributed by atoms with E-state index in [0.29, 0.717) is 12.0 Å². The minimum absolute atomic E-state index is 0.165. The summed E-state index contributed by atoms with van der Waals surface area (Å²) in [4.78, 5) is 0. The molecule has 106 valence electrons. The summed E-state index contributed by atoms with van der Waals surface area (Å²) in [5, 5.41) is 0. The van der Waals surface area contributed by atoms with Gasteiger partial charge in [-0.25, -0.2) is 0 Å². The third-order valence-corrected chi connectivity index (χ3v) is 4.27. The molecule has 2 nitrogen and oxygen atoms in total. The summed E-state index contributed by atoms with van der Waals surface area (Å²) in [6.07, 6.45) is 6.24. The molecule has 2 heteroatoms. The van der Waals surface area contributed by atoms with Gasteiger partial charge in [-0.05, 0) is 36.5 Å². The van der Waals surface area contributed by atoms with Crippen molar-refractivity contribution in [1.82, 2.24) is 0 Å². The van der Waals surface area contributed by atoms with Crippen molar-refractivity contribution in [2.75, 3.05) is 0 Å². The second-order valence-electron chi connectivity index (χ2n) is 5.84. The van der Waals surface area contributed by atoms with Gasteiger partial charge in [-0.15, -0.1) is 0 Å². The standard InChI is InChI=1S/C17H27NO/c1-4-6-7-13(5-2)17(18)14-8-9-16-15(11-14)10-12(3)19-16/h8-9,11-13,17H,4-7,10,18H2,1-3H3. The number of benzene rings is 1. The Morgan fingerprint density at radius 2 is 2.16 bits per heavy atom. The molecular weight excluding hydrogens is 234 g/mol. The van der Waals surface area contributed by atoms with Crippen LogP contribution in [0.5, 0.6) is 5.75 Å². The molecule has 0 aromatic heterocycles. The maximum Gasteiger partial charge on any atom is 0.123 e. The molecule has 3 unspecified atom stereocenters. The number of nitrogens with two attached hydrogens (primary N) is 1. The molecule has 1 aromatic rings. The van der Waals surface area contributed by atoms with Gasteiger partial charge in [0.05, 0.1) is 0 Å². The first-order valence-electron chi connectivity index (χ1n) is 7.70. The van der Waals surface area contributed by atoms with E-state index in [1.165, 1.54) is 30.4 Å². The Morgan fingerprint density at radius 3 is 2.84 bits per heavy atom. The Hall–Kier alpha value is -1.02. The Labute approximate surface area is 117 Å².